The van der Waals surface area contributed by atoms with Crippen molar-refractivity contribution < 1.29 is 15.0 Å². The van der Waals surface area contributed by atoms with Crippen LogP contribution in [0.4, 0.5) is 0 Å². The number of hydrogen-bond acceptors (Lipinski definition) is 5. The SMILES string of the molecule is NC(Cc1ccc(O)cc1)C(=O)N/N=C/c1ccccc1O. The molecule has 0 saturated heterocycles. The van der Waals surface area contributed by atoms with Crippen LogP contribution in [0.1, 0.15) is 11.1 Å². The van der Waals surface area contributed by atoms with Gasteiger partial charge in [0.15, 0.2) is 0 Å². The fourth-order valence-corrected chi connectivity index (χ4v) is 1.82. The van der Waals surface area contributed by atoms with Crippen molar-refractivity contribution in [3.8, 4) is 11.5 Å². The monoisotopic (exact) mass is 299 g/mol. The lowest BCUT2D eigenvalue weighted by Crippen LogP contribution is -2.39. The number of rotatable bonds is 5. The molecule has 1 amide bonds. The van der Waals surface area contributed by atoms with E-state index in [0.717, 1.165) is 5.56 Å². The highest BCUT2D eigenvalue weighted by molar-refractivity contribution is 5.86. The van der Waals surface area contributed by atoms with Crippen LogP contribution in [0.3, 0.4) is 0 Å². The van der Waals surface area contributed by atoms with Crippen molar-refractivity contribution >= 4 is 12.1 Å². The summed E-state index contributed by atoms with van der Waals surface area (Å²) < 4.78 is 0. The molecule has 0 radical (unpaired) electrons. The molecule has 6 nitrogen and oxygen atoms in total. The number of para-hydroxylation sites is 1. The number of nitrogens with one attached hydrogen (secondary N) is 1. The molecule has 5 N–H and O–H groups in total. The largest absolute Gasteiger partial charge is 0.508 e. The zero-order valence-corrected chi connectivity index (χ0v) is 11.8. The minimum atomic E-state index is -0.758. The van der Waals surface area contributed by atoms with Crippen molar-refractivity contribution in [3.05, 3.63) is 59.7 Å². The maximum atomic E-state index is 11.8. The van der Waals surface area contributed by atoms with Crippen molar-refractivity contribution in [1.29, 1.82) is 0 Å². The second-order valence-electron chi connectivity index (χ2n) is 4.77. The molecule has 2 aromatic rings. The predicted molar refractivity (Wildman–Crippen MR) is 83.6 cm³/mol. The molecule has 0 spiro atoms. The van der Waals surface area contributed by atoms with Gasteiger partial charge in [-0.2, -0.15) is 5.10 Å². The van der Waals surface area contributed by atoms with Crippen LogP contribution in [-0.2, 0) is 11.2 Å². The van der Waals surface area contributed by atoms with Crippen LogP contribution >= 0.6 is 0 Å². The van der Waals surface area contributed by atoms with Gasteiger partial charge in [0.25, 0.3) is 5.91 Å². The molecule has 2 rings (SSSR count). The topological polar surface area (TPSA) is 108 Å². The minimum Gasteiger partial charge on any atom is -0.508 e. The van der Waals surface area contributed by atoms with Crippen LogP contribution in [-0.4, -0.2) is 28.4 Å². The van der Waals surface area contributed by atoms with E-state index >= 15 is 0 Å². The van der Waals surface area contributed by atoms with Crippen LogP contribution in [0.2, 0.25) is 0 Å². The molecule has 114 valence electrons. The van der Waals surface area contributed by atoms with Crippen molar-refractivity contribution in [3.63, 3.8) is 0 Å². The number of hydrogen-bond donors (Lipinski definition) is 4. The molecule has 1 unspecified atom stereocenters. The summed E-state index contributed by atoms with van der Waals surface area (Å²) in [5, 5.41) is 22.5. The van der Waals surface area contributed by atoms with Gasteiger partial charge in [-0.25, -0.2) is 5.43 Å². The Hall–Kier alpha value is -2.86. The molecule has 0 aromatic heterocycles. The number of carbonyl (C=O) groups is 1. The molecule has 2 aromatic carbocycles. The van der Waals surface area contributed by atoms with Gasteiger partial charge in [0, 0.05) is 5.56 Å². The molecule has 6 heteroatoms. The highest BCUT2D eigenvalue weighted by Gasteiger charge is 2.13. The van der Waals surface area contributed by atoms with E-state index in [2.05, 4.69) is 10.5 Å². The van der Waals surface area contributed by atoms with Crippen LogP contribution in [0.5, 0.6) is 11.5 Å². The Balaban J connectivity index is 1.89. The first-order valence-corrected chi connectivity index (χ1v) is 6.70. The van der Waals surface area contributed by atoms with Crippen LogP contribution in [0.15, 0.2) is 53.6 Å². The summed E-state index contributed by atoms with van der Waals surface area (Å²) in [5.74, 6) is -0.192. The average molecular weight is 299 g/mol. The zero-order chi connectivity index (χ0) is 15.9. The lowest BCUT2D eigenvalue weighted by Gasteiger charge is -2.09. The molecular formula is C16H17N3O3. The number of nitrogens with zero attached hydrogens (tertiary/aromatic N) is 1. The van der Waals surface area contributed by atoms with Crippen LogP contribution in [0, 0.1) is 0 Å². The highest BCUT2D eigenvalue weighted by Crippen LogP contribution is 2.12. The van der Waals surface area contributed by atoms with Crippen LogP contribution < -0.4 is 11.2 Å². The molecule has 0 aliphatic rings. The minimum absolute atomic E-state index is 0.0777. The standard InChI is InChI=1S/C16H17N3O3/c17-14(9-11-5-7-13(20)8-6-11)16(22)19-18-10-12-3-1-2-4-15(12)21/h1-8,10,14,20-21H,9,17H2,(H,19,22)/b18-10+. The maximum Gasteiger partial charge on any atom is 0.257 e. The third-order valence-corrected chi connectivity index (χ3v) is 3.04. The quantitative estimate of drug-likeness (QED) is 0.490. The predicted octanol–water partition coefficient (Wildman–Crippen LogP) is 1.12. The third kappa shape index (κ3) is 4.32. The Kier molecular flexibility index (Phi) is 5.11. The molecule has 0 heterocycles. The first kappa shape index (κ1) is 15.5. The average Bonchev–Trinajstić information content (AvgIpc) is 2.51. The summed E-state index contributed by atoms with van der Waals surface area (Å²) in [6.45, 7) is 0. The Morgan fingerprint density at radius 3 is 2.55 bits per heavy atom. The van der Waals surface area contributed by atoms with Gasteiger partial charge in [0.05, 0.1) is 12.3 Å². The number of carbonyl (C=O) groups excluding carboxylic acids is 1. The lowest BCUT2D eigenvalue weighted by molar-refractivity contribution is -0.122. The maximum absolute atomic E-state index is 11.8. The van der Waals surface area contributed by atoms with E-state index in [9.17, 15) is 15.0 Å². The fraction of sp³-hybridized carbons (Fsp3) is 0.125. The molecule has 1 atom stereocenters. The number of hydrazone groups is 1. The normalized spacial score (nSPS) is 12.2. The van der Waals surface area contributed by atoms with Gasteiger partial charge in [-0.15, -0.1) is 0 Å². The van der Waals surface area contributed by atoms with E-state index < -0.39 is 11.9 Å². The van der Waals surface area contributed by atoms with Crippen molar-refractivity contribution in [2.24, 2.45) is 10.8 Å². The summed E-state index contributed by atoms with van der Waals surface area (Å²) in [6.07, 6.45) is 1.68. The Bertz CT molecular complexity index is 669. The zero-order valence-electron chi connectivity index (χ0n) is 11.8. The van der Waals surface area contributed by atoms with Crippen LogP contribution in [0.25, 0.3) is 0 Å². The number of amides is 1. The molecule has 0 fully saturated rings. The first-order chi connectivity index (χ1) is 10.6. The smallest absolute Gasteiger partial charge is 0.257 e. The molecule has 0 saturated carbocycles. The van der Waals surface area contributed by atoms with Crippen molar-refractivity contribution in [2.45, 2.75) is 12.5 Å². The summed E-state index contributed by atoms with van der Waals surface area (Å²) in [7, 11) is 0. The van der Waals surface area contributed by atoms with Gasteiger partial charge in [-0.1, -0.05) is 24.3 Å². The van der Waals surface area contributed by atoms with E-state index in [-0.39, 0.29) is 11.5 Å². The molecule has 0 aliphatic heterocycles. The fourth-order valence-electron chi connectivity index (χ4n) is 1.82. The highest BCUT2D eigenvalue weighted by atomic mass is 16.3. The summed E-state index contributed by atoms with van der Waals surface area (Å²) in [6, 6.07) is 12.4. The third-order valence-electron chi connectivity index (χ3n) is 3.04. The lowest BCUT2D eigenvalue weighted by atomic mass is 10.1. The van der Waals surface area contributed by atoms with E-state index in [1.54, 1.807) is 30.3 Å². The van der Waals surface area contributed by atoms with E-state index in [4.69, 9.17) is 5.73 Å². The van der Waals surface area contributed by atoms with Gasteiger partial charge >= 0.3 is 0 Å². The van der Waals surface area contributed by atoms with E-state index in [1.807, 2.05) is 0 Å². The van der Waals surface area contributed by atoms with Gasteiger partial charge in [0.1, 0.15) is 11.5 Å². The second-order valence-corrected chi connectivity index (χ2v) is 4.77. The number of nitrogens with two attached hydrogens (primary N) is 1. The second kappa shape index (κ2) is 7.24. The van der Waals surface area contributed by atoms with E-state index in [1.165, 1.54) is 24.4 Å². The van der Waals surface area contributed by atoms with Gasteiger partial charge in [-0.05, 0) is 36.2 Å². The molecule has 22 heavy (non-hydrogen) atoms. The molecule has 0 bridgehead atoms. The van der Waals surface area contributed by atoms with Gasteiger partial charge in [-0.3, -0.25) is 4.79 Å². The van der Waals surface area contributed by atoms with E-state index in [0.29, 0.717) is 12.0 Å². The summed E-state index contributed by atoms with van der Waals surface area (Å²) in [4.78, 5) is 11.8. The summed E-state index contributed by atoms with van der Waals surface area (Å²) >= 11 is 0. The molecule has 0 aliphatic carbocycles. The first-order valence-electron chi connectivity index (χ1n) is 6.70. The van der Waals surface area contributed by atoms with Crippen molar-refractivity contribution in [2.75, 3.05) is 0 Å². The number of phenols is 2. The summed E-state index contributed by atoms with van der Waals surface area (Å²) in [5.41, 5.74) is 9.47. The van der Waals surface area contributed by atoms with Gasteiger partial charge in [0.2, 0.25) is 0 Å². The van der Waals surface area contributed by atoms with Crippen molar-refractivity contribution in [1.82, 2.24) is 5.43 Å². The molecular weight excluding hydrogens is 282 g/mol. The van der Waals surface area contributed by atoms with Gasteiger partial charge < -0.3 is 15.9 Å². The number of aromatic hydroxyl groups is 2. The Morgan fingerprint density at radius 1 is 1.18 bits per heavy atom. The Labute approximate surface area is 127 Å². The number of phenolic OH excluding ortho intramolecular Hbond substituents is 2. The number of benzene rings is 2. The Morgan fingerprint density at radius 2 is 1.86 bits per heavy atom.